The summed E-state index contributed by atoms with van der Waals surface area (Å²) >= 11 is 3.48. The van der Waals surface area contributed by atoms with Crippen LogP contribution in [0.2, 0.25) is 0 Å². The van der Waals surface area contributed by atoms with Crippen molar-refractivity contribution in [1.29, 1.82) is 0 Å². The van der Waals surface area contributed by atoms with Gasteiger partial charge in [0, 0.05) is 23.5 Å². The van der Waals surface area contributed by atoms with Crippen molar-refractivity contribution in [2.75, 3.05) is 16.8 Å². The number of anilines is 1. The third-order valence-corrected chi connectivity index (χ3v) is 4.22. The standard InChI is InChI=1S/C13H16BrNO/c1-9-5-3-4-6-12(9)15-8-11(7-14)10(2)13(15)16/h3-6,10-11H,7-8H2,1-2H3. The molecule has 86 valence electrons. The molecule has 2 unspecified atom stereocenters. The first-order valence-electron chi connectivity index (χ1n) is 5.58. The second-order valence-corrected chi connectivity index (χ2v) is 5.09. The second-order valence-electron chi connectivity index (χ2n) is 4.44. The van der Waals surface area contributed by atoms with Crippen molar-refractivity contribution in [3.05, 3.63) is 29.8 Å². The minimum Gasteiger partial charge on any atom is -0.312 e. The van der Waals surface area contributed by atoms with Gasteiger partial charge in [0.1, 0.15) is 0 Å². The molecular weight excluding hydrogens is 266 g/mol. The quantitative estimate of drug-likeness (QED) is 0.764. The van der Waals surface area contributed by atoms with Gasteiger partial charge in [0.05, 0.1) is 0 Å². The Hall–Kier alpha value is -0.830. The molecule has 0 N–H and O–H groups in total. The summed E-state index contributed by atoms with van der Waals surface area (Å²) in [5.41, 5.74) is 2.22. The van der Waals surface area contributed by atoms with Crippen LogP contribution in [0.4, 0.5) is 5.69 Å². The number of nitrogens with zero attached hydrogens (tertiary/aromatic N) is 1. The van der Waals surface area contributed by atoms with E-state index in [1.807, 2.05) is 30.0 Å². The number of para-hydroxylation sites is 1. The Balaban J connectivity index is 2.30. The highest BCUT2D eigenvalue weighted by molar-refractivity contribution is 9.09. The molecule has 1 amide bonds. The van der Waals surface area contributed by atoms with E-state index in [1.165, 1.54) is 5.56 Å². The molecule has 1 heterocycles. The van der Waals surface area contributed by atoms with E-state index in [0.717, 1.165) is 17.6 Å². The number of rotatable bonds is 2. The van der Waals surface area contributed by atoms with Crippen molar-refractivity contribution in [2.45, 2.75) is 13.8 Å². The molecular formula is C13H16BrNO. The minimum atomic E-state index is 0.124. The highest BCUT2D eigenvalue weighted by Crippen LogP contribution is 2.31. The Bertz CT molecular complexity index is 405. The molecule has 16 heavy (non-hydrogen) atoms. The van der Waals surface area contributed by atoms with Gasteiger partial charge in [0.15, 0.2) is 0 Å². The predicted octanol–water partition coefficient (Wildman–Crippen LogP) is 2.99. The summed E-state index contributed by atoms with van der Waals surface area (Å²) in [5.74, 6) is 0.796. The normalized spacial score (nSPS) is 25.2. The van der Waals surface area contributed by atoms with Crippen molar-refractivity contribution in [1.82, 2.24) is 0 Å². The lowest BCUT2D eigenvalue weighted by atomic mass is 10.0. The molecule has 1 saturated heterocycles. The predicted molar refractivity (Wildman–Crippen MR) is 70.0 cm³/mol. The van der Waals surface area contributed by atoms with Gasteiger partial charge in [-0.1, -0.05) is 41.1 Å². The van der Waals surface area contributed by atoms with Gasteiger partial charge < -0.3 is 4.90 Å². The number of carbonyl (C=O) groups excluding carboxylic acids is 1. The van der Waals surface area contributed by atoms with E-state index in [-0.39, 0.29) is 11.8 Å². The van der Waals surface area contributed by atoms with Crippen LogP contribution in [-0.4, -0.2) is 17.8 Å². The van der Waals surface area contributed by atoms with Gasteiger partial charge >= 0.3 is 0 Å². The lowest BCUT2D eigenvalue weighted by Gasteiger charge is -2.18. The monoisotopic (exact) mass is 281 g/mol. The Kier molecular flexibility index (Phi) is 3.33. The van der Waals surface area contributed by atoms with Gasteiger partial charge in [-0.25, -0.2) is 0 Å². The molecule has 2 nitrogen and oxygen atoms in total. The number of benzene rings is 1. The Labute approximate surface area is 105 Å². The second kappa shape index (κ2) is 4.58. The lowest BCUT2D eigenvalue weighted by Crippen LogP contribution is -2.26. The van der Waals surface area contributed by atoms with Crippen LogP contribution in [0.25, 0.3) is 0 Å². The van der Waals surface area contributed by atoms with E-state index < -0.39 is 0 Å². The van der Waals surface area contributed by atoms with Crippen molar-refractivity contribution in [3.63, 3.8) is 0 Å². The molecule has 2 atom stereocenters. The highest BCUT2D eigenvalue weighted by atomic mass is 79.9. The average molecular weight is 282 g/mol. The summed E-state index contributed by atoms with van der Waals surface area (Å²) in [6.07, 6.45) is 0. The summed E-state index contributed by atoms with van der Waals surface area (Å²) in [5, 5.41) is 0.891. The van der Waals surface area contributed by atoms with Crippen molar-refractivity contribution in [3.8, 4) is 0 Å². The fourth-order valence-corrected chi connectivity index (χ4v) is 2.96. The molecule has 0 aromatic heterocycles. The van der Waals surface area contributed by atoms with Gasteiger partial charge in [-0.2, -0.15) is 0 Å². The van der Waals surface area contributed by atoms with Crippen molar-refractivity contribution in [2.24, 2.45) is 11.8 Å². The van der Waals surface area contributed by atoms with Crippen LogP contribution in [0.5, 0.6) is 0 Å². The average Bonchev–Trinajstić information content (AvgIpc) is 2.57. The molecule has 3 heteroatoms. The van der Waals surface area contributed by atoms with Gasteiger partial charge in [0.2, 0.25) is 5.91 Å². The number of carbonyl (C=O) groups is 1. The largest absolute Gasteiger partial charge is 0.312 e. The number of alkyl halides is 1. The Morgan fingerprint density at radius 2 is 2.12 bits per heavy atom. The topological polar surface area (TPSA) is 20.3 Å². The number of amides is 1. The first-order chi connectivity index (χ1) is 7.65. The Morgan fingerprint density at radius 1 is 1.44 bits per heavy atom. The summed E-state index contributed by atoms with van der Waals surface area (Å²) in [6.45, 7) is 4.90. The van der Waals surface area contributed by atoms with Gasteiger partial charge in [-0.15, -0.1) is 0 Å². The molecule has 0 radical (unpaired) electrons. The molecule has 1 fully saturated rings. The Morgan fingerprint density at radius 3 is 2.69 bits per heavy atom. The molecule has 1 aliphatic heterocycles. The molecule has 1 aromatic rings. The summed E-state index contributed by atoms with van der Waals surface area (Å²) in [7, 11) is 0. The third-order valence-electron chi connectivity index (χ3n) is 3.38. The van der Waals surface area contributed by atoms with Crippen LogP contribution in [0.15, 0.2) is 24.3 Å². The summed E-state index contributed by atoms with van der Waals surface area (Å²) < 4.78 is 0. The van der Waals surface area contributed by atoms with E-state index >= 15 is 0 Å². The minimum absolute atomic E-state index is 0.124. The fraction of sp³-hybridized carbons (Fsp3) is 0.462. The molecule has 0 spiro atoms. The smallest absolute Gasteiger partial charge is 0.230 e. The molecule has 2 rings (SSSR count). The van der Waals surface area contributed by atoms with Gasteiger partial charge in [-0.05, 0) is 24.5 Å². The zero-order chi connectivity index (χ0) is 11.7. The fourth-order valence-electron chi connectivity index (χ4n) is 2.20. The number of halogens is 1. The lowest BCUT2D eigenvalue weighted by molar-refractivity contribution is -0.120. The zero-order valence-corrected chi connectivity index (χ0v) is 11.2. The maximum absolute atomic E-state index is 12.1. The highest BCUT2D eigenvalue weighted by Gasteiger charge is 2.37. The molecule has 1 aliphatic rings. The van der Waals surface area contributed by atoms with E-state index in [0.29, 0.717) is 5.92 Å². The van der Waals surface area contributed by atoms with Gasteiger partial charge in [0.25, 0.3) is 0 Å². The maximum Gasteiger partial charge on any atom is 0.230 e. The van der Waals surface area contributed by atoms with Crippen LogP contribution in [0.1, 0.15) is 12.5 Å². The van der Waals surface area contributed by atoms with Crippen LogP contribution in [-0.2, 0) is 4.79 Å². The number of hydrogen-bond acceptors (Lipinski definition) is 1. The number of aryl methyl sites for hydroxylation is 1. The van der Waals surface area contributed by atoms with E-state index in [4.69, 9.17) is 0 Å². The third kappa shape index (κ3) is 1.88. The molecule has 0 bridgehead atoms. The summed E-state index contributed by atoms with van der Waals surface area (Å²) in [4.78, 5) is 14.1. The SMILES string of the molecule is Cc1ccccc1N1CC(CBr)C(C)C1=O. The van der Waals surface area contributed by atoms with Crippen LogP contribution in [0.3, 0.4) is 0 Å². The van der Waals surface area contributed by atoms with Crippen LogP contribution >= 0.6 is 15.9 Å². The van der Waals surface area contributed by atoms with Gasteiger partial charge in [-0.3, -0.25) is 4.79 Å². The molecule has 1 aromatic carbocycles. The van der Waals surface area contributed by atoms with Crippen molar-refractivity contribution < 1.29 is 4.79 Å². The first-order valence-corrected chi connectivity index (χ1v) is 6.70. The maximum atomic E-state index is 12.1. The van der Waals surface area contributed by atoms with E-state index in [9.17, 15) is 4.79 Å². The van der Waals surface area contributed by atoms with Crippen LogP contribution in [0, 0.1) is 18.8 Å². The molecule has 0 saturated carbocycles. The summed E-state index contributed by atoms with van der Waals surface area (Å²) in [6, 6.07) is 8.07. The van der Waals surface area contributed by atoms with Crippen molar-refractivity contribution >= 4 is 27.5 Å². The number of hydrogen-bond donors (Lipinski definition) is 0. The van der Waals surface area contributed by atoms with E-state index in [2.05, 4.69) is 28.9 Å². The van der Waals surface area contributed by atoms with E-state index in [1.54, 1.807) is 0 Å². The molecule has 0 aliphatic carbocycles. The van der Waals surface area contributed by atoms with Crippen LogP contribution < -0.4 is 4.90 Å². The zero-order valence-electron chi connectivity index (χ0n) is 9.61. The first kappa shape index (κ1) is 11.6.